The molecule has 6 nitrogen and oxygen atoms in total. The van der Waals surface area contributed by atoms with Crippen LogP contribution in [0.5, 0.6) is 0 Å². The Kier molecular flexibility index (Phi) is 3.85. The molecule has 21 heavy (non-hydrogen) atoms. The number of hydrogen-bond acceptors (Lipinski definition) is 4. The van der Waals surface area contributed by atoms with E-state index in [0.717, 1.165) is 24.8 Å². The molecule has 0 aliphatic heterocycles. The zero-order valence-electron chi connectivity index (χ0n) is 11.5. The number of benzene rings is 1. The minimum atomic E-state index is -0.976. The zero-order valence-corrected chi connectivity index (χ0v) is 11.5. The maximum absolute atomic E-state index is 10.6. The van der Waals surface area contributed by atoms with Crippen LogP contribution in [-0.2, 0) is 6.42 Å². The Hall–Kier alpha value is -2.37. The third kappa shape index (κ3) is 3.39. The van der Waals surface area contributed by atoms with Crippen molar-refractivity contribution in [2.24, 2.45) is 0 Å². The topological polar surface area (TPSA) is 88.2 Å². The van der Waals surface area contributed by atoms with E-state index in [4.69, 9.17) is 9.63 Å². The minimum Gasteiger partial charge on any atom is -0.465 e. The molecule has 0 saturated heterocycles. The predicted molar refractivity (Wildman–Crippen MR) is 75.1 cm³/mol. The molecule has 2 atom stereocenters. The highest BCUT2D eigenvalue weighted by Gasteiger charge is 2.30. The smallest absolute Gasteiger partial charge is 0.404 e. The van der Waals surface area contributed by atoms with E-state index in [1.54, 1.807) is 0 Å². The van der Waals surface area contributed by atoms with Gasteiger partial charge in [0, 0.05) is 18.4 Å². The molecule has 1 saturated carbocycles. The first-order valence-electron chi connectivity index (χ1n) is 7.06. The van der Waals surface area contributed by atoms with Gasteiger partial charge in [0.15, 0.2) is 5.82 Å². The maximum Gasteiger partial charge on any atom is 0.404 e. The van der Waals surface area contributed by atoms with Crippen LogP contribution in [0.2, 0.25) is 0 Å². The summed E-state index contributed by atoms with van der Waals surface area (Å²) in [6, 6.07) is 9.97. The molecule has 0 unspecified atom stereocenters. The summed E-state index contributed by atoms with van der Waals surface area (Å²) in [6.45, 7) is 0. The van der Waals surface area contributed by atoms with Gasteiger partial charge in [0.2, 0.25) is 5.89 Å². The molecule has 6 heteroatoms. The Labute approximate surface area is 122 Å². The molecule has 1 aromatic carbocycles. The average Bonchev–Trinajstić information content (AvgIpc) is 3.08. The number of nitrogens with zero attached hydrogens (tertiary/aromatic N) is 2. The number of aromatic nitrogens is 2. The van der Waals surface area contributed by atoms with Gasteiger partial charge < -0.3 is 14.9 Å². The van der Waals surface area contributed by atoms with Crippen molar-refractivity contribution in [2.75, 3.05) is 0 Å². The fourth-order valence-corrected chi connectivity index (χ4v) is 2.80. The van der Waals surface area contributed by atoms with E-state index < -0.39 is 6.09 Å². The molecule has 110 valence electrons. The highest BCUT2D eigenvalue weighted by atomic mass is 16.5. The molecular weight excluding hydrogens is 270 g/mol. The molecule has 0 spiro atoms. The number of hydrogen-bond donors (Lipinski definition) is 2. The standard InChI is InChI=1S/C15H17N3O3/c19-15(20)16-12-7-6-11(9-12)14-17-13(18-21-14)8-10-4-2-1-3-5-10/h1-5,11-12,16H,6-9H2,(H,19,20)/t11-,12-/m0/s1. The van der Waals surface area contributed by atoms with Crippen molar-refractivity contribution in [3.8, 4) is 0 Å². The Balaban J connectivity index is 1.62. The molecule has 0 radical (unpaired) electrons. The molecule has 0 bridgehead atoms. The normalized spacial score (nSPS) is 21.3. The Morgan fingerprint density at radius 1 is 1.33 bits per heavy atom. The fourth-order valence-electron chi connectivity index (χ4n) is 2.80. The molecule has 1 amide bonds. The summed E-state index contributed by atoms with van der Waals surface area (Å²) in [6.07, 6.45) is 2.08. The van der Waals surface area contributed by atoms with E-state index in [9.17, 15) is 4.79 Å². The van der Waals surface area contributed by atoms with Crippen molar-refractivity contribution >= 4 is 6.09 Å². The summed E-state index contributed by atoms with van der Waals surface area (Å²) < 4.78 is 5.34. The van der Waals surface area contributed by atoms with Crippen molar-refractivity contribution in [1.29, 1.82) is 0 Å². The number of rotatable bonds is 4. The van der Waals surface area contributed by atoms with Crippen LogP contribution in [0.4, 0.5) is 4.79 Å². The summed E-state index contributed by atoms with van der Waals surface area (Å²) in [5.41, 5.74) is 1.14. The van der Waals surface area contributed by atoms with Crippen molar-refractivity contribution in [2.45, 2.75) is 37.6 Å². The van der Waals surface area contributed by atoms with Crippen molar-refractivity contribution in [3.63, 3.8) is 0 Å². The van der Waals surface area contributed by atoms with E-state index in [0.29, 0.717) is 18.1 Å². The summed E-state index contributed by atoms with van der Waals surface area (Å²) >= 11 is 0. The van der Waals surface area contributed by atoms with Crippen molar-refractivity contribution in [1.82, 2.24) is 15.5 Å². The van der Waals surface area contributed by atoms with Crippen LogP contribution in [0.15, 0.2) is 34.9 Å². The Bertz CT molecular complexity index is 612. The van der Waals surface area contributed by atoms with E-state index in [1.165, 1.54) is 0 Å². The minimum absolute atomic E-state index is 0.0167. The fraction of sp³-hybridized carbons (Fsp3) is 0.400. The molecule has 1 fully saturated rings. The maximum atomic E-state index is 10.6. The van der Waals surface area contributed by atoms with Gasteiger partial charge in [-0.3, -0.25) is 0 Å². The first-order chi connectivity index (χ1) is 10.2. The SMILES string of the molecule is O=C(O)N[C@H]1CC[C@H](c2nc(Cc3ccccc3)no2)C1. The first-order valence-corrected chi connectivity index (χ1v) is 7.06. The second kappa shape index (κ2) is 5.95. The van der Waals surface area contributed by atoms with Crippen molar-refractivity contribution in [3.05, 3.63) is 47.6 Å². The van der Waals surface area contributed by atoms with Crippen LogP contribution in [0.3, 0.4) is 0 Å². The van der Waals surface area contributed by atoms with Crippen LogP contribution in [0.1, 0.15) is 42.5 Å². The monoisotopic (exact) mass is 287 g/mol. The first kappa shape index (κ1) is 13.6. The summed E-state index contributed by atoms with van der Waals surface area (Å²) in [7, 11) is 0. The lowest BCUT2D eigenvalue weighted by molar-refractivity contribution is 0.190. The zero-order chi connectivity index (χ0) is 14.7. The highest BCUT2D eigenvalue weighted by molar-refractivity contribution is 5.64. The summed E-state index contributed by atoms with van der Waals surface area (Å²) in [5.74, 6) is 1.44. The molecule has 1 heterocycles. The van der Waals surface area contributed by atoms with Gasteiger partial charge in [-0.2, -0.15) is 4.98 Å². The summed E-state index contributed by atoms with van der Waals surface area (Å²) in [5, 5.41) is 15.3. The van der Waals surface area contributed by atoms with Gasteiger partial charge >= 0.3 is 6.09 Å². The van der Waals surface area contributed by atoms with Crippen LogP contribution < -0.4 is 5.32 Å². The lowest BCUT2D eigenvalue weighted by Crippen LogP contribution is -2.31. The van der Waals surface area contributed by atoms with Gasteiger partial charge in [0.1, 0.15) is 0 Å². The molecular formula is C15H17N3O3. The van der Waals surface area contributed by atoms with Gasteiger partial charge in [-0.1, -0.05) is 35.5 Å². The lowest BCUT2D eigenvalue weighted by atomic mass is 10.1. The van der Waals surface area contributed by atoms with Gasteiger partial charge in [-0.25, -0.2) is 4.79 Å². The molecule has 1 aliphatic carbocycles. The van der Waals surface area contributed by atoms with Gasteiger partial charge in [0.05, 0.1) is 0 Å². The van der Waals surface area contributed by atoms with E-state index in [-0.39, 0.29) is 12.0 Å². The van der Waals surface area contributed by atoms with E-state index in [1.807, 2.05) is 30.3 Å². The Morgan fingerprint density at radius 2 is 2.14 bits per heavy atom. The number of amides is 1. The second-order valence-electron chi connectivity index (χ2n) is 5.37. The quantitative estimate of drug-likeness (QED) is 0.902. The lowest BCUT2D eigenvalue weighted by Gasteiger charge is -2.08. The summed E-state index contributed by atoms with van der Waals surface area (Å²) in [4.78, 5) is 15.1. The van der Waals surface area contributed by atoms with Gasteiger partial charge in [0.25, 0.3) is 0 Å². The van der Waals surface area contributed by atoms with Crippen LogP contribution in [-0.4, -0.2) is 27.4 Å². The van der Waals surface area contributed by atoms with Crippen molar-refractivity contribution < 1.29 is 14.4 Å². The number of carboxylic acid groups (broad SMARTS) is 1. The largest absolute Gasteiger partial charge is 0.465 e. The molecule has 3 rings (SSSR count). The molecule has 2 aromatic rings. The molecule has 1 aliphatic rings. The second-order valence-corrected chi connectivity index (χ2v) is 5.37. The number of carbonyl (C=O) groups is 1. The molecule has 1 aromatic heterocycles. The van der Waals surface area contributed by atoms with Crippen LogP contribution in [0.25, 0.3) is 0 Å². The third-order valence-corrected chi connectivity index (χ3v) is 3.80. The van der Waals surface area contributed by atoms with Gasteiger partial charge in [-0.05, 0) is 24.8 Å². The van der Waals surface area contributed by atoms with Crippen LogP contribution >= 0.6 is 0 Å². The number of nitrogens with one attached hydrogen (secondary N) is 1. The average molecular weight is 287 g/mol. The van der Waals surface area contributed by atoms with Crippen LogP contribution in [0, 0.1) is 0 Å². The molecule has 2 N–H and O–H groups in total. The van der Waals surface area contributed by atoms with E-state index >= 15 is 0 Å². The highest BCUT2D eigenvalue weighted by Crippen LogP contribution is 2.33. The van der Waals surface area contributed by atoms with E-state index in [2.05, 4.69) is 15.5 Å². The predicted octanol–water partition coefficient (Wildman–Crippen LogP) is 2.56. The third-order valence-electron chi connectivity index (χ3n) is 3.80. The van der Waals surface area contributed by atoms with Gasteiger partial charge in [-0.15, -0.1) is 0 Å². The Morgan fingerprint density at radius 3 is 2.90 bits per heavy atom.